The zero-order chi connectivity index (χ0) is 18.7. The van der Waals surface area contributed by atoms with Gasteiger partial charge < -0.3 is 9.47 Å². The molecule has 25 heavy (non-hydrogen) atoms. The topological polar surface area (TPSA) is 69.7 Å². The maximum absolute atomic E-state index is 13.2. The van der Waals surface area contributed by atoms with Crippen molar-refractivity contribution in [3.63, 3.8) is 0 Å². The van der Waals surface area contributed by atoms with Gasteiger partial charge in [0.25, 0.3) is 0 Å². The summed E-state index contributed by atoms with van der Waals surface area (Å²) in [5, 5.41) is -1.24. The Morgan fingerprint density at radius 3 is 2.36 bits per heavy atom. The number of benzene rings is 1. The van der Waals surface area contributed by atoms with Gasteiger partial charge in [-0.05, 0) is 25.5 Å². The molecule has 0 bridgehead atoms. The molecule has 138 valence electrons. The molecular formula is C19H26O5S. The van der Waals surface area contributed by atoms with Gasteiger partial charge in [-0.25, -0.2) is 8.42 Å². The fourth-order valence-electron chi connectivity index (χ4n) is 3.03. The number of Topliss-reactive ketones (excluding diaryl/α,β-unsaturated/α-hetero) is 1. The first kappa shape index (κ1) is 19.8. The molecule has 5 nitrogen and oxygen atoms in total. The van der Waals surface area contributed by atoms with Crippen LogP contribution in [0.15, 0.2) is 47.9 Å². The zero-order valence-corrected chi connectivity index (χ0v) is 15.8. The number of sulfone groups is 1. The highest BCUT2D eigenvalue weighted by atomic mass is 32.2. The first-order valence-corrected chi connectivity index (χ1v) is 9.89. The van der Waals surface area contributed by atoms with E-state index in [1.54, 1.807) is 45.0 Å². The van der Waals surface area contributed by atoms with Crippen LogP contribution in [-0.2, 0) is 24.1 Å². The van der Waals surface area contributed by atoms with E-state index in [-0.39, 0.29) is 17.1 Å². The molecule has 1 atom stereocenters. The third-order valence-electron chi connectivity index (χ3n) is 4.51. The van der Waals surface area contributed by atoms with Gasteiger partial charge in [0.15, 0.2) is 21.4 Å². The number of rotatable bonds is 8. The average Bonchev–Trinajstić information content (AvgIpc) is 2.99. The van der Waals surface area contributed by atoms with E-state index in [0.29, 0.717) is 19.6 Å². The molecule has 0 spiro atoms. The van der Waals surface area contributed by atoms with Gasteiger partial charge in [-0.15, -0.1) is 6.58 Å². The Labute approximate surface area is 149 Å². The lowest BCUT2D eigenvalue weighted by atomic mass is 9.82. The van der Waals surface area contributed by atoms with Crippen molar-refractivity contribution in [2.75, 3.05) is 13.2 Å². The van der Waals surface area contributed by atoms with Crippen LogP contribution in [0.5, 0.6) is 0 Å². The molecule has 1 aromatic rings. The summed E-state index contributed by atoms with van der Waals surface area (Å²) in [6.07, 6.45) is 1.99. The summed E-state index contributed by atoms with van der Waals surface area (Å²) in [6.45, 7) is 9.61. The minimum absolute atomic E-state index is 0.0381. The standard InChI is InChI=1S/C19H26O5S/c1-5-11-18(2,3)17(20)16(14-19(4)23-12-13-24-19)25(21,22)15-9-7-6-8-10-15/h5-10,16H,1,11-14H2,2-4H3/t16-/m1/s1. The van der Waals surface area contributed by atoms with E-state index in [1.165, 1.54) is 12.1 Å². The second-order valence-electron chi connectivity index (χ2n) is 7.12. The summed E-state index contributed by atoms with van der Waals surface area (Å²) in [7, 11) is -3.87. The molecule has 1 fully saturated rings. The van der Waals surface area contributed by atoms with E-state index in [0.717, 1.165) is 0 Å². The highest BCUT2D eigenvalue weighted by Crippen LogP contribution is 2.35. The van der Waals surface area contributed by atoms with Crippen molar-refractivity contribution in [1.29, 1.82) is 0 Å². The summed E-state index contributed by atoms with van der Waals surface area (Å²) in [5.41, 5.74) is -0.844. The van der Waals surface area contributed by atoms with Crippen LogP contribution in [-0.4, -0.2) is 38.5 Å². The van der Waals surface area contributed by atoms with E-state index in [1.807, 2.05) is 0 Å². The van der Waals surface area contributed by atoms with Crippen LogP contribution >= 0.6 is 0 Å². The third kappa shape index (κ3) is 4.37. The van der Waals surface area contributed by atoms with Crippen LogP contribution in [0.3, 0.4) is 0 Å². The van der Waals surface area contributed by atoms with E-state index in [4.69, 9.17) is 9.47 Å². The molecule has 1 aliphatic heterocycles. The molecule has 0 N–H and O–H groups in total. The lowest BCUT2D eigenvalue weighted by Crippen LogP contribution is -2.45. The molecule has 6 heteroatoms. The van der Waals surface area contributed by atoms with Crippen LogP contribution in [0.25, 0.3) is 0 Å². The molecule has 0 unspecified atom stereocenters. The van der Waals surface area contributed by atoms with Crippen molar-refractivity contribution < 1.29 is 22.7 Å². The van der Waals surface area contributed by atoms with Crippen molar-refractivity contribution in [2.45, 2.75) is 49.5 Å². The van der Waals surface area contributed by atoms with Crippen molar-refractivity contribution in [3.05, 3.63) is 43.0 Å². The van der Waals surface area contributed by atoms with Gasteiger partial charge in [0.1, 0.15) is 5.25 Å². The summed E-state index contributed by atoms with van der Waals surface area (Å²) in [5.74, 6) is -1.43. The second kappa shape index (κ2) is 7.40. The normalized spacial score (nSPS) is 18.7. The second-order valence-corrected chi connectivity index (χ2v) is 9.25. The monoisotopic (exact) mass is 366 g/mol. The molecule has 1 heterocycles. The highest BCUT2D eigenvalue weighted by Gasteiger charge is 2.46. The molecular weight excluding hydrogens is 340 g/mol. The SMILES string of the molecule is C=CCC(C)(C)C(=O)[C@@H](CC1(C)OCCO1)S(=O)(=O)c1ccccc1. The Morgan fingerprint density at radius 1 is 1.28 bits per heavy atom. The van der Waals surface area contributed by atoms with Gasteiger partial charge >= 0.3 is 0 Å². The van der Waals surface area contributed by atoms with Gasteiger partial charge in [0, 0.05) is 11.8 Å². The Hall–Kier alpha value is -1.50. The van der Waals surface area contributed by atoms with Crippen LogP contribution in [0.1, 0.15) is 33.6 Å². The Kier molecular flexibility index (Phi) is 5.86. The van der Waals surface area contributed by atoms with Crippen molar-refractivity contribution >= 4 is 15.6 Å². The fraction of sp³-hybridized carbons (Fsp3) is 0.526. The molecule has 1 saturated heterocycles. The third-order valence-corrected chi connectivity index (χ3v) is 6.57. The highest BCUT2D eigenvalue weighted by molar-refractivity contribution is 7.92. The smallest absolute Gasteiger partial charge is 0.188 e. The predicted molar refractivity (Wildman–Crippen MR) is 95.9 cm³/mol. The molecule has 0 aliphatic carbocycles. The van der Waals surface area contributed by atoms with Crippen LogP contribution in [0.4, 0.5) is 0 Å². The van der Waals surface area contributed by atoms with E-state index < -0.39 is 26.3 Å². The average molecular weight is 366 g/mol. The maximum Gasteiger partial charge on any atom is 0.188 e. The largest absolute Gasteiger partial charge is 0.348 e. The van der Waals surface area contributed by atoms with Crippen LogP contribution < -0.4 is 0 Å². The molecule has 0 saturated carbocycles. The molecule has 1 aromatic carbocycles. The fourth-order valence-corrected chi connectivity index (χ4v) is 5.01. The Balaban J connectivity index is 2.45. The molecule has 0 radical (unpaired) electrons. The van der Waals surface area contributed by atoms with E-state index in [2.05, 4.69) is 6.58 Å². The predicted octanol–water partition coefficient (Wildman–Crippen LogP) is 3.15. The summed E-state index contributed by atoms with van der Waals surface area (Å²) < 4.78 is 37.5. The van der Waals surface area contributed by atoms with Crippen molar-refractivity contribution in [2.24, 2.45) is 5.41 Å². The summed E-state index contributed by atoms with van der Waals surface area (Å²) in [6, 6.07) is 8.05. The van der Waals surface area contributed by atoms with Crippen LogP contribution in [0, 0.1) is 5.41 Å². The first-order chi connectivity index (χ1) is 11.6. The van der Waals surface area contributed by atoms with Crippen molar-refractivity contribution in [3.8, 4) is 0 Å². The number of hydrogen-bond acceptors (Lipinski definition) is 5. The lowest BCUT2D eigenvalue weighted by molar-refractivity contribution is -0.152. The lowest BCUT2D eigenvalue weighted by Gasteiger charge is -2.31. The van der Waals surface area contributed by atoms with Crippen LogP contribution in [0.2, 0.25) is 0 Å². The number of carbonyl (C=O) groups is 1. The van der Waals surface area contributed by atoms with Gasteiger partial charge in [-0.1, -0.05) is 38.1 Å². The quantitative estimate of drug-likeness (QED) is 0.661. The number of hydrogen-bond donors (Lipinski definition) is 0. The van der Waals surface area contributed by atoms with Gasteiger partial charge in [-0.2, -0.15) is 0 Å². The zero-order valence-electron chi connectivity index (χ0n) is 15.0. The van der Waals surface area contributed by atoms with Gasteiger partial charge in [0.05, 0.1) is 18.1 Å². The molecule has 2 rings (SSSR count). The number of allylic oxidation sites excluding steroid dienone is 1. The molecule has 0 amide bonds. The van der Waals surface area contributed by atoms with Crippen molar-refractivity contribution in [1.82, 2.24) is 0 Å². The minimum Gasteiger partial charge on any atom is -0.348 e. The minimum atomic E-state index is -3.87. The number of ketones is 1. The summed E-state index contributed by atoms with van der Waals surface area (Å²) >= 11 is 0. The molecule has 0 aromatic heterocycles. The molecule has 1 aliphatic rings. The number of carbonyl (C=O) groups excluding carboxylic acids is 1. The van der Waals surface area contributed by atoms with Gasteiger partial charge in [-0.3, -0.25) is 4.79 Å². The Bertz CT molecular complexity index is 715. The maximum atomic E-state index is 13.2. The van der Waals surface area contributed by atoms with E-state index in [9.17, 15) is 13.2 Å². The Morgan fingerprint density at radius 2 is 1.84 bits per heavy atom. The van der Waals surface area contributed by atoms with E-state index >= 15 is 0 Å². The van der Waals surface area contributed by atoms with Gasteiger partial charge in [0.2, 0.25) is 0 Å². The number of ether oxygens (including phenoxy) is 2. The summed E-state index contributed by atoms with van der Waals surface area (Å²) in [4.78, 5) is 13.3. The first-order valence-electron chi connectivity index (χ1n) is 8.34.